The van der Waals surface area contributed by atoms with Crippen LogP contribution in [0.15, 0.2) is 77.6 Å². The van der Waals surface area contributed by atoms with Crippen LogP contribution in [0.2, 0.25) is 0 Å². The molecule has 1 aromatic heterocycles. The number of nitrogens with one attached hydrogen (secondary N) is 1. The summed E-state index contributed by atoms with van der Waals surface area (Å²) in [6.07, 6.45) is 0.304. The summed E-state index contributed by atoms with van der Waals surface area (Å²) >= 11 is 0. The van der Waals surface area contributed by atoms with Gasteiger partial charge in [-0.2, -0.15) is 0 Å². The number of carboxylic acid groups (broad SMARTS) is 1. The number of aromatic nitrogens is 1. The van der Waals surface area contributed by atoms with Gasteiger partial charge in [-0.1, -0.05) is 60.7 Å². The Morgan fingerprint density at radius 3 is 2.13 bits per heavy atom. The molecule has 2 aromatic carbocycles. The third-order valence-electron chi connectivity index (χ3n) is 4.51. The van der Waals surface area contributed by atoms with Gasteiger partial charge in [-0.25, -0.2) is 4.79 Å². The van der Waals surface area contributed by atoms with E-state index < -0.39 is 24.2 Å². The van der Waals surface area contributed by atoms with E-state index in [0.717, 1.165) is 15.7 Å². The number of ether oxygens (including phenoxy) is 1. The molecular formula is C23H21N2O5-. The maximum Gasteiger partial charge on any atom is 0.412 e. The molecule has 0 saturated heterocycles. The van der Waals surface area contributed by atoms with Crippen LogP contribution in [0.3, 0.4) is 0 Å². The lowest BCUT2D eigenvalue weighted by molar-refractivity contribution is -0.306. The number of benzene rings is 2. The van der Waals surface area contributed by atoms with Gasteiger partial charge in [-0.05, 0) is 36.1 Å². The first-order valence-electron chi connectivity index (χ1n) is 9.47. The number of aryl methyl sites for hydroxylation is 2. The summed E-state index contributed by atoms with van der Waals surface area (Å²) in [5, 5.41) is 13.5. The van der Waals surface area contributed by atoms with E-state index in [1.54, 1.807) is 6.07 Å². The monoisotopic (exact) mass is 405 g/mol. The topological polar surface area (TPSA) is 100 Å². The zero-order valence-electron chi connectivity index (χ0n) is 16.2. The van der Waals surface area contributed by atoms with E-state index in [1.807, 2.05) is 60.7 Å². The van der Waals surface area contributed by atoms with Gasteiger partial charge in [0.15, 0.2) is 0 Å². The molecule has 0 radical (unpaired) electrons. The molecule has 0 unspecified atom stereocenters. The van der Waals surface area contributed by atoms with Gasteiger partial charge >= 0.3 is 6.09 Å². The number of rotatable bonds is 8. The molecule has 0 aliphatic carbocycles. The number of carbonyl (C=O) groups excluding carboxylic acids is 2. The molecule has 0 atom stereocenters. The van der Waals surface area contributed by atoms with Crippen LogP contribution >= 0.6 is 0 Å². The van der Waals surface area contributed by atoms with Gasteiger partial charge in [-0.15, -0.1) is 0 Å². The Bertz CT molecular complexity index is 1060. The maximum absolute atomic E-state index is 12.7. The van der Waals surface area contributed by atoms with Crippen LogP contribution in [-0.4, -0.2) is 16.6 Å². The number of hydrogen-bond acceptors (Lipinski definition) is 5. The van der Waals surface area contributed by atoms with Crippen LogP contribution < -0.4 is 16.0 Å². The van der Waals surface area contributed by atoms with Crippen molar-refractivity contribution < 1.29 is 19.4 Å². The van der Waals surface area contributed by atoms with Crippen molar-refractivity contribution in [3.8, 4) is 0 Å². The standard InChI is InChI=1S/C23H22N2O5/c26-21(27)15-25-19(12-11-17-7-3-1-4-8-17)13-14-20(22(25)28)24-23(29)30-16-18-9-5-2-6-10-18/h1-10,13-14H,11-12,15-16H2,(H,24,29)(H,26,27)/p-1. The molecule has 1 amide bonds. The van der Waals surface area contributed by atoms with Crippen molar-refractivity contribution in [2.24, 2.45) is 0 Å². The SMILES string of the molecule is O=C([O-])Cn1c(CCc2ccccc2)ccc(NC(=O)OCc2ccccc2)c1=O. The van der Waals surface area contributed by atoms with Gasteiger partial charge in [0.25, 0.3) is 5.56 Å². The van der Waals surface area contributed by atoms with Gasteiger partial charge < -0.3 is 19.2 Å². The lowest BCUT2D eigenvalue weighted by Gasteiger charge is -2.16. The van der Waals surface area contributed by atoms with Gasteiger partial charge in [0.2, 0.25) is 0 Å². The first-order chi connectivity index (χ1) is 14.5. The largest absolute Gasteiger partial charge is 0.548 e. The van der Waals surface area contributed by atoms with E-state index in [0.29, 0.717) is 18.5 Å². The van der Waals surface area contributed by atoms with Gasteiger partial charge in [0, 0.05) is 5.69 Å². The first kappa shape index (κ1) is 20.9. The second-order valence-corrected chi connectivity index (χ2v) is 6.67. The van der Waals surface area contributed by atoms with E-state index in [4.69, 9.17) is 4.74 Å². The second-order valence-electron chi connectivity index (χ2n) is 6.67. The van der Waals surface area contributed by atoms with Crippen LogP contribution in [0, 0.1) is 0 Å². The van der Waals surface area contributed by atoms with Gasteiger partial charge in [0.05, 0.1) is 12.5 Å². The molecule has 1 heterocycles. The second kappa shape index (κ2) is 10.1. The minimum Gasteiger partial charge on any atom is -0.548 e. The van der Waals surface area contributed by atoms with Crippen molar-refractivity contribution in [3.05, 3.63) is 100.0 Å². The lowest BCUT2D eigenvalue weighted by atomic mass is 10.1. The minimum atomic E-state index is -1.39. The fraction of sp³-hybridized carbons (Fsp3) is 0.174. The van der Waals surface area contributed by atoms with Gasteiger partial charge in [0.1, 0.15) is 12.3 Å². The molecule has 0 spiro atoms. The van der Waals surface area contributed by atoms with Crippen LogP contribution in [0.4, 0.5) is 10.5 Å². The third-order valence-corrected chi connectivity index (χ3v) is 4.51. The molecule has 1 N–H and O–H groups in total. The smallest absolute Gasteiger partial charge is 0.412 e. The summed E-state index contributed by atoms with van der Waals surface area (Å²) in [5.41, 5.74) is 1.73. The summed E-state index contributed by atoms with van der Waals surface area (Å²) in [7, 11) is 0. The molecule has 154 valence electrons. The van der Waals surface area contributed by atoms with Crippen LogP contribution in [-0.2, 0) is 35.5 Å². The average molecular weight is 405 g/mol. The van der Waals surface area contributed by atoms with E-state index in [9.17, 15) is 19.5 Å². The van der Waals surface area contributed by atoms with Gasteiger partial charge in [-0.3, -0.25) is 10.1 Å². The first-order valence-corrected chi connectivity index (χ1v) is 9.47. The predicted octanol–water partition coefficient (Wildman–Crippen LogP) is 2.13. The number of aliphatic carboxylic acids is 1. The molecule has 3 aromatic rings. The molecule has 0 fully saturated rings. The van der Waals surface area contributed by atoms with E-state index in [1.165, 1.54) is 6.07 Å². The summed E-state index contributed by atoms with van der Waals surface area (Å²) in [5.74, 6) is -1.39. The molecular weight excluding hydrogens is 384 g/mol. The Hall–Kier alpha value is -3.87. The number of carboxylic acids is 1. The lowest BCUT2D eigenvalue weighted by Crippen LogP contribution is -2.36. The van der Waals surface area contributed by atoms with Crippen molar-refractivity contribution in [2.45, 2.75) is 26.0 Å². The Kier molecular flexibility index (Phi) is 7.00. The molecule has 7 nitrogen and oxygen atoms in total. The number of carbonyl (C=O) groups is 2. The van der Waals surface area contributed by atoms with E-state index in [2.05, 4.69) is 5.32 Å². The van der Waals surface area contributed by atoms with Crippen LogP contribution in [0.5, 0.6) is 0 Å². The minimum absolute atomic E-state index is 0.0507. The maximum atomic E-state index is 12.7. The number of anilines is 1. The van der Waals surface area contributed by atoms with Crippen molar-refractivity contribution in [2.75, 3.05) is 5.32 Å². The highest BCUT2D eigenvalue weighted by Crippen LogP contribution is 2.10. The van der Waals surface area contributed by atoms with Crippen molar-refractivity contribution >= 4 is 17.7 Å². The zero-order chi connectivity index (χ0) is 21.3. The number of pyridine rings is 1. The van der Waals surface area contributed by atoms with Crippen molar-refractivity contribution in [1.82, 2.24) is 4.57 Å². The summed E-state index contributed by atoms with van der Waals surface area (Å²) in [4.78, 5) is 36.0. The van der Waals surface area contributed by atoms with Crippen molar-refractivity contribution in [3.63, 3.8) is 0 Å². The quantitative estimate of drug-likeness (QED) is 0.619. The number of hydrogen-bond donors (Lipinski definition) is 1. The molecule has 0 aliphatic rings. The molecule has 0 bridgehead atoms. The molecule has 7 heteroatoms. The Morgan fingerprint density at radius 1 is 0.867 bits per heavy atom. The fourth-order valence-electron chi connectivity index (χ4n) is 3.02. The highest BCUT2D eigenvalue weighted by Gasteiger charge is 2.13. The van der Waals surface area contributed by atoms with E-state index in [-0.39, 0.29) is 12.3 Å². The summed E-state index contributed by atoms with van der Waals surface area (Å²) in [6, 6.07) is 21.8. The fourth-order valence-corrected chi connectivity index (χ4v) is 3.02. The zero-order valence-corrected chi connectivity index (χ0v) is 16.2. The molecule has 0 saturated carbocycles. The molecule has 30 heavy (non-hydrogen) atoms. The number of amides is 1. The summed E-state index contributed by atoms with van der Waals surface area (Å²) in [6.45, 7) is -0.549. The highest BCUT2D eigenvalue weighted by molar-refractivity contribution is 5.84. The van der Waals surface area contributed by atoms with Crippen LogP contribution in [0.1, 0.15) is 16.8 Å². The predicted molar refractivity (Wildman–Crippen MR) is 110 cm³/mol. The molecule has 0 aliphatic heterocycles. The summed E-state index contributed by atoms with van der Waals surface area (Å²) < 4.78 is 6.22. The number of nitrogens with zero attached hydrogens (tertiary/aromatic N) is 1. The van der Waals surface area contributed by atoms with Crippen LogP contribution in [0.25, 0.3) is 0 Å². The van der Waals surface area contributed by atoms with Crippen molar-refractivity contribution in [1.29, 1.82) is 0 Å². The Labute approximate surface area is 173 Å². The average Bonchev–Trinajstić information content (AvgIpc) is 2.75. The highest BCUT2D eigenvalue weighted by atomic mass is 16.5. The third kappa shape index (κ3) is 5.81. The Morgan fingerprint density at radius 2 is 1.50 bits per heavy atom. The Balaban J connectivity index is 1.72. The van der Waals surface area contributed by atoms with E-state index >= 15 is 0 Å². The molecule has 3 rings (SSSR count). The normalized spacial score (nSPS) is 10.4.